The molecule has 2 aromatic heterocycles. The van der Waals surface area contributed by atoms with Gasteiger partial charge in [-0.2, -0.15) is 5.10 Å². The molecule has 0 aromatic carbocycles. The molecule has 1 atom stereocenters. The number of nitrogens with zero attached hydrogens (tertiary/aromatic N) is 3. The lowest BCUT2D eigenvalue weighted by Crippen LogP contribution is -2.17. The van der Waals surface area contributed by atoms with E-state index in [1.165, 1.54) is 4.88 Å². The van der Waals surface area contributed by atoms with Crippen LogP contribution >= 0.6 is 11.3 Å². The highest BCUT2D eigenvalue weighted by atomic mass is 32.1. The Morgan fingerprint density at radius 3 is 2.95 bits per heavy atom. The summed E-state index contributed by atoms with van der Waals surface area (Å²) >= 11 is 1.78. The van der Waals surface area contributed by atoms with Gasteiger partial charge >= 0.3 is 0 Å². The summed E-state index contributed by atoms with van der Waals surface area (Å²) in [5.41, 5.74) is 0. The van der Waals surface area contributed by atoms with Gasteiger partial charge in [-0.3, -0.25) is 0 Å². The van der Waals surface area contributed by atoms with Crippen LogP contribution in [0.25, 0.3) is 0 Å². The monoisotopic (exact) mass is 293 g/mol. The normalized spacial score (nSPS) is 13.0. The number of hydrogen-bond acceptors (Lipinski definition) is 4. The molecule has 5 heteroatoms. The largest absolute Gasteiger partial charge is 0.393 e. The lowest BCUT2D eigenvalue weighted by atomic mass is 10.1. The Labute approximate surface area is 124 Å². The van der Waals surface area contributed by atoms with Crippen molar-refractivity contribution >= 4 is 11.3 Å². The van der Waals surface area contributed by atoms with Crippen molar-refractivity contribution in [3.63, 3.8) is 0 Å². The predicted octanol–water partition coefficient (Wildman–Crippen LogP) is 2.92. The van der Waals surface area contributed by atoms with E-state index in [0.29, 0.717) is 12.3 Å². The highest BCUT2D eigenvalue weighted by molar-refractivity contribution is 7.09. The molecule has 1 unspecified atom stereocenters. The minimum atomic E-state index is -0.329. The smallest absolute Gasteiger partial charge is 0.138 e. The van der Waals surface area contributed by atoms with Crippen molar-refractivity contribution < 1.29 is 5.11 Å². The van der Waals surface area contributed by atoms with Crippen LogP contribution < -0.4 is 0 Å². The summed E-state index contributed by atoms with van der Waals surface area (Å²) in [5.74, 6) is 1.42. The zero-order valence-corrected chi connectivity index (χ0v) is 13.0. The Morgan fingerprint density at radius 2 is 2.25 bits per heavy atom. The van der Waals surface area contributed by atoms with Crippen molar-refractivity contribution in [3.8, 4) is 0 Å². The third kappa shape index (κ3) is 4.72. The number of rotatable bonds is 8. The van der Waals surface area contributed by atoms with E-state index in [1.807, 2.05) is 4.68 Å². The maximum absolute atomic E-state index is 10.1. The van der Waals surface area contributed by atoms with Crippen molar-refractivity contribution in [2.75, 3.05) is 0 Å². The van der Waals surface area contributed by atoms with E-state index >= 15 is 0 Å². The van der Waals surface area contributed by atoms with Gasteiger partial charge in [-0.15, -0.1) is 11.3 Å². The summed E-state index contributed by atoms with van der Waals surface area (Å²) in [6.07, 6.45) is 4.72. The summed E-state index contributed by atoms with van der Waals surface area (Å²) in [7, 11) is 0. The van der Waals surface area contributed by atoms with Crippen LogP contribution in [0.4, 0.5) is 0 Å². The van der Waals surface area contributed by atoms with E-state index in [0.717, 1.165) is 31.6 Å². The first-order valence-electron chi connectivity index (χ1n) is 7.22. The molecule has 0 aliphatic carbocycles. The van der Waals surface area contributed by atoms with Crippen molar-refractivity contribution in [1.82, 2.24) is 14.8 Å². The first-order chi connectivity index (χ1) is 9.65. The first kappa shape index (κ1) is 15.2. The third-order valence-corrected chi connectivity index (χ3v) is 4.13. The second kappa shape index (κ2) is 7.55. The number of thiophene rings is 1. The summed E-state index contributed by atoms with van der Waals surface area (Å²) in [6, 6.07) is 4.22. The molecule has 0 saturated heterocycles. The summed E-state index contributed by atoms with van der Waals surface area (Å²) in [4.78, 5) is 5.65. The zero-order chi connectivity index (χ0) is 14.4. The topological polar surface area (TPSA) is 50.9 Å². The molecule has 4 nitrogen and oxygen atoms in total. The molecule has 1 N–H and O–H groups in total. The maximum Gasteiger partial charge on any atom is 0.138 e. The quantitative estimate of drug-likeness (QED) is 0.814. The minimum Gasteiger partial charge on any atom is -0.393 e. The van der Waals surface area contributed by atoms with Crippen LogP contribution in [-0.2, 0) is 19.4 Å². The molecule has 0 bridgehead atoms. The van der Waals surface area contributed by atoms with E-state index in [1.54, 1.807) is 17.7 Å². The Balaban J connectivity index is 1.76. The van der Waals surface area contributed by atoms with Gasteiger partial charge in [-0.05, 0) is 36.6 Å². The molecular weight excluding hydrogens is 270 g/mol. The fourth-order valence-electron chi connectivity index (χ4n) is 2.22. The van der Waals surface area contributed by atoms with E-state index in [4.69, 9.17) is 0 Å². The third-order valence-electron chi connectivity index (χ3n) is 3.19. The standard InChI is InChI=1S/C15H23N3OS/c1-12(2)10-18-15(16-11-17-18)9-13(19)5-3-6-14-7-4-8-20-14/h4,7-8,11-13,19H,3,5-6,9-10H2,1-2H3. The molecule has 0 aliphatic rings. The molecule has 0 radical (unpaired) electrons. The van der Waals surface area contributed by atoms with Crippen LogP contribution in [0.1, 0.15) is 37.4 Å². The molecule has 0 amide bonds. The average molecular weight is 293 g/mol. The molecule has 2 aromatic rings. The Kier molecular flexibility index (Phi) is 5.73. The summed E-state index contributed by atoms with van der Waals surface area (Å²) in [5, 5.41) is 16.5. The number of aromatic nitrogens is 3. The van der Waals surface area contributed by atoms with E-state index in [9.17, 15) is 5.11 Å². The average Bonchev–Trinajstić information content (AvgIpc) is 3.01. The molecule has 0 aliphatic heterocycles. The van der Waals surface area contributed by atoms with Gasteiger partial charge < -0.3 is 5.11 Å². The SMILES string of the molecule is CC(C)Cn1ncnc1CC(O)CCCc1cccs1. The molecule has 0 spiro atoms. The van der Waals surface area contributed by atoms with Gasteiger partial charge in [0.25, 0.3) is 0 Å². The van der Waals surface area contributed by atoms with E-state index in [2.05, 4.69) is 41.4 Å². The number of aliphatic hydroxyl groups excluding tert-OH is 1. The van der Waals surface area contributed by atoms with Crippen LogP contribution in [0.2, 0.25) is 0 Å². The van der Waals surface area contributed by atoms with Gasteiger partial charge in [0.1, 0.15) is 12.2 Å². The van der Waals surface area contributed by atoms with Crippen molar-refractivity contribution in [2.24, 2.45) is 5.92 Å². The lowest BCUT2D eigenvalue weighted by molar-refractivity contribution is 0.158. The number of hydrogen-bond donors (Lipinski definition) is 1. The second-order valence-electron chi connectivity index (χ2n) is 5.58. The van der Waals surface area contributed by atoms with Gasteiger partial charge in [0.2, 0.25) is 0 Å². The summed E-state index contributed by atoms with van der Waals surface area (Å²) in [6.45, 7) is 5.17. The highest BCUT2D eigenvalue weighted by Crippen LogP contribution is 2.14. The van der Waals surface area contributed by atoms with Crippen LogP contribution in [-0.4, -0.2) is 26.0 Å². The lowest BCUT2D eigenvalue weighted by Gasteiger charge is -2.12. The van der Waals surface area contributed by atoms with Gasteiger partial charge in [-0.1, -0.05) is 19.9 Å². The van der Waals surface area contributed by atoms with Crippen LogP contribution in [0.5, 0.6) is 0 Å². The highest BCUT2D eigenvalue weighted by Gasteiger charge is 2.12. The van der Waals surface area contributed by atoms with Gasteiger partial charge in [0.15, 0.2) is 0 Å². The molecule has 2 heterocycles. The zero-order valence-electron chi connectivity index (χ0n) is 12.2. The molecule has 110 valence electrons. The van der Waals surface area contributed by atoms with Crippen LogP contribution in [0.3, 0.4) is 0 Å². The maximum atomic E-state index is 10.1. The van der Waals surface area contributed by atoms with Crippen molar-refractivity contribution in [1.29, 1.82) is 0 Å². The summed E-state index contributed by atoms with van der Waals surface area (Å²) < 4.78 is 1.91. The molecule has 0 fully saturated rings. The second-order valence-corrected chi connectivity index (χ2v) is 6.61. The number of aliphatic hydroxyl groups is 1. The van der Waals surface area contributed by atoms with Gasteiger partial charge in [0, 0.05) is 17.8 Å². The minimum absolute atomic E-state index is 0.329. The van der Waals surface area contributed by atoms with Crippen LogP contribution in [0, 0.1) is 5.92 Å². The van der Waals surface area contributed by atoms with E-state index < -0.39 is 0 Å². The van der Waals surface area contributed by atoms with Crippen LogP contribution in [0.15, 0.2) is 23.8 Å². The molecular formula is C15H23N3OS. The predicted molar refractivity (Wildman–Crippen MR) is 81.8 cm³/mol. The van der Waals surface area contributed by atoms with Gasteiger partial charge in [0.05, 0.1) is 6.10 Å². The van der Waals surface area contributed by atoms with Crippen molar-refractivity contribution in [3.05, 3.63) is 34.5 Å². The Hall–Kier alpha value is -1.20. The molecule has 20 heavy (non-hydrogen) atoms. The fraction of sp³-hybridized carbons (Fsp3) is 0.600. The Bertz CT molecular complexity index is 493. The van der Waals surface area contributed by atoms with E-state index in [-0.39, 0.29) is 6.10 Å². The Morgan fingerprint density at radius 1 is 1.40 bits per heavy atom. The molecule has 2 rings (SSSR count). The van der Waals surface area contributed by atoms with Crippen molar-refractivity contribution in [2.45, 2.75) is 52.2 Å². The number of aryl methyl sites for hydroxylation is 1. The van der Waals surface area contributed by atoms with Gasteiger partial charge in [-0.25, -0.2) is 9.67 Å². The molecule has 0 saturated carbocycles. The fourth-order valence-corrected chi connectivity index (χ4v) is 2.98. The first-order valence-corrected chi connectivity index (χ1v) is 8.10.